The number of unbranched alkanes of at least 4 members (excludes halogenated alkanes) is 1. The zero-order chi connectivity index (χ0) is 27.7. The third kappa shape index (κ3) is 9.13. The Bertz CT molecular complexity index is 1090. The molecule has 2 rings (SSSR count). The molecule has 1 aliphatic heterocycles. The van der Waals surface area contributed by atoms with Gasteiger partial charge in [0, 0.05) is 52.6 Å². The molecule has 0 unspecified atom stereocenters. The lowest BCUT2D eigenvalue weighted by molar-refractivity contribution is -0.199. The number of ether oxygens (including phenoxy) is 6. The van der Waals surface area contributed by atoms with Gasteiger partial charge in [-0.2, -0.15) is 0 Å². The Labute approximate surface area is 212 Å². The van der Waals surface area contributed by atoms with Gasteiger partial charge in [-0.15, -0.1) is 0 Å². The van der Waals surface area contributed by atoms with Gasteiger partial charge in [-0.25, -0.2) is 4.79 Å². The van der Waals surface area contributed by atoms with E-state index in [9.17, 15) is 28.8 Å². The molecular weight excluding hydrogens is 496 g/mol. The zero-order valence-electron chi connectivity index (χ0n) is 21.3. The highest BCUT2D eigenvalue weighted by Crippen LogP contribution is 2.31. The predicted octanol–water partition coefficient (Wildman–Crippen LogP) is -0.275. The normalized spacial score (nSPS) is 21.6. The molecule has 1 saturated heterocycles. The molecular formula is C23H32N2O12. The minimum absolute atomic E-state index is 0.0984. The summed E-state index contributed by atoms with van der Waals surface area (Å²) < 4.78 is 33.9. The number of hydrogen-bond acceptors (Lipinski definition) is 12. The molecule has 1 aromatic heterocycles. The number of H-pyrrole nitrogens is 1. The van der Waals surface area contributed by atoms with Crippen LogP contribution in [0.4, 0.5) is 0 Å². The Morgan fingerprint density at radius 2 is 1.62 bits per heavy atom. The minimum atomic E-state index is -1.23. The maximum atomic E-state index is 11.9. The van der Waals surface area contributed by atoms with Crippen molar-refractivity contribution in [3.05, 3.63) is 32.6 Å². The average Bonchev–Trinajstić information content (AvgIpc) is 3.09. The Kier molecular flexibility index (Phi) is 11.0. The summed E-state index contributed by atoms with van der Waals surface area (Å²) in [5.74, 6) is -2.76. The van der Waals surface area contributed by atoms with Crippen molar-refractivity contribution in [2.24, 2.45) is 0 Å². The van der Waals surface area contributed by atoms with Crippen LogP contribution in [0.3, 0.4) is 0 Å². The van der Waals surface area contributed by atoms with E-state index in [-0.39, 0.29) is 6.61 Å². The molecule has 1 aromatic rings. The smallest absolute Gasteiger partial charge is 0.328 e. The van der Waals surface area contributed by atoms with Crippen LogP contribution in [0, 0.1) is 6.92 Å². The van der Waals surface area contributed by atoms with E-state index in [0.717, 1.165) is 20.8 Å². The monoisotopic (exact) mass is 528 g/mol. The first kappa shape index (κ1) is 29.7. The van der Waals surface area contributed by atoms with Crippen molar-refractivity contribution >= 4 is 23.9 Å². The SMILES string of the molecule is CC(=O)OC[C@@H](OC(C)=O)[C@H]1O[C@@H](OCCCCn2cc(C)c(=O)[nH]c2=O)[C@H](OC(C)=O)[C@H]1OC(C)=O. The van der Waals surface area contributed by atoms with Crippen LogP contribution < -0.4 is 11.2 Å². The molecule has 0 spiro atoms. The van der Waals surface area contributed by atoms with E-state index in [0.29, 0.717) is 24.9 Å². The topological polar surface area (TPSA) is 179 Å². The average molecular weight is 529 g/mol. The number of aryl methyl sites for hydroxylation is 2. The van der Waals surface area contributed by atoms with Crippen LogP contribution in [0.1, 0.15) is 46.1 Å². The summed E-state index contributed by atoms with van der Waals surface area (Å²) in [6, 6.07) is 0. The summed E-state index contributed by atoms with van der Waals surface area (Å²) in [7, 11) is 0. The minimum Gasteiger partial charge on any atom is -0.462 e. The number of carbonyl (C=O) groups is 4. The Morgan fingerprint density at radius 3 is 2.22 bits per heavy atom. The molecule has 0 amide bonds. The highest BCUT2D eigenvalue weighted by atomic mass is 16.7. The van der Waals surface area contributed by atoms with E-state index in [1.54, 1.807) is 6.92 Å². The van der Waals surface area contributed by atoms with Crippen molar-refractivity contribution in [3.63, 3.8) is 0 Å². The van der Waals surface area contributed by atoms with Gasteiger partial charge >= 0.3 is 29.6 Å². The maximum absolute atomic E-state index is 11.9. The molecule has 0 aromatic carbocycles. The van der Waals surface area contributed by atoms with E-state index in [1.165, 1.54) is 17.7 Å². The highest BCUT2D eigenvalue weighted by molar-refractivity contribution is 5.68. The molecule has 1 fully saturated rings. The van der Waals surface area contributed by atoms with Gasteiger partial charge in [0.1, 0.15) is 12.7 Å². The van der Waals surface area contributed by atoms with Gasteiger partial charge in [0.05, 0.1) is 0 Å². The van der Waals surface area contributed by atoms with Crippen LogP contribution in [0.15, 0.2) is 15.8 Å². The van der Waals surface area contributed by atoms with Crippen molar-refractivity contribution in [1.29, 1.82) is 0 Å². The van der Waals surface area contributed by atoms with Gasteiger partial charge in [-0.3, -0.25) is 29.0 Å². The van der Waals surface area contributed by atoms with Crippen molar-refractivity contribution in [1.82, 2.24) is 9.55 Å². The number of rotatable bonds is 12. The molecule has 0 saturated carbocycles. The van der Waals surface area contributed by atoms with Crippen LogP contribution in [0.5, 0.6) is 0 Å². The second-order valence-electron chi connectivity index (χ2n) is 8.41. The van der Waals surface area contributed by atoms with Gasteiger partial charge in [-0.1, -0.05) is 0 Å². The largest absolute Gasteiger partial charge is 0.462 e. The predicted molar refractivity (Wildman–Crippen MR) is 123 cm³/mol. The van der Waals surface area contributed by atoms with Crippen molar-refractivity contribution in [3.8, 4) is 0 Å². The summed E-state index contributed by atoms with van der Waals surface area (Å²) in [6.45, 7) is 6.21. The second-order valence-corrected chi connectivity index (χ2v) is 8.41. The van der Waals surface area contributed by atoms with E-state index < -0.39 is 72.4 Å². The molecule has 0 radical (unpaired) electrons. The van der Waals surface area contributed by atoms with Crippen LogP contribution in [-0.4, -0.2) is 77.3 Å². The van der Waals surface area contributed by atoms with Crippen LogP contribution in [0.2, 0.25) is 0 Å². The van der Waals surface area contributed by atoms with Crippen molar-refractivity contribution in [2.75, 3.05) is 13.2 Å². The molecule has 206 valence electrons. The first-order valence-corrected chi connectivity index (χ1v) is 11.6. The fraction of sp³-hybridized carbons (Fsp3) is 0.652. The third-order valence-electron chi connectivity index (χ3n) is 5.21. The molecule has 0 aliphatic carbocycles. The number of nitrogens with zero attached hydrogens (tertiary/aromatic N) is 1. The second kappa shape index (κ2) is 13.7. The van der Waals surface area contributed by atoms with Crippen LogP contribution in [-0.2, 0) is 54.1 Å². The van der Waals surface area contributed by atoms with Gasteiger partial charge < -0.3 is 33.0 Å². The number of aromatic nitrogens is 2. The van der Waals surface area contributed by atoms with Crippen LogP contribution >= 0.6 is 0 Å². The summed E-state index contributed by atoms with van der Waals surface area (Å²) in [6.07, 6.45) is -3.59. The fourth-order valence-electron chi connectivity index (χ4n) is 3.70. The fourth-order valence-corrected chi connectivity index (χ4v) is 3.70. The van der Waals surface area contributed by atoms with Gasteiger partial charge in [0.2, 0.25) is 0 Å². The number of esters is 4. The molecule has 14 heteroatoms. The Morgan fingerprint density at radius 1 is 0.973 bits per heavy atom. The van der Waals surface area contributed by atoms with E-state index in [2.05, 4.69) is 4.98 Å². The standard InChI is InChI=1S/C23H32N2O12/c1-12-10-25(23(31)24-21(12)30)8-6-7-9-32-22-20(36-16(5)29)19(35-15(4)28)18(37-22)17(34-14(3)27)11-33-13(2)26/h10,17-20,22H,6-9,11H2,1-5H3,(H,24,30,31)/t17-,18-,19+,20-,22-/m1/s1. The Balaban J connectivity index is 2.12. The maximum Gasteiger partial charge on any atom is 0.328 e. The summed E-state index contributed by atoms with van der Waals surface area (Å²) in [4.78, 5) is 72.2. The van der Waals surface area contributed by atoms with E-state index in [1.807, 2.05) is 0 Å². The first-order valence-electron chi connectivity index (χ1n) is 11.6. The number of aromatic amines is 1. The molecule has 0 bridgehead atoms. The third-order valence-corrected chi connectivity index (χ3v) is 5.21. The van der Waals surface area contributed by atoms with Gasteiger partial charge in [-0.05, 0) is 19.8 Å². The lowest BCUT2D eigenvalue weighted by atomic mass is 10.1. The lowest BCUT2D eigenvalue weighted by Crippen LogP contribution is -2.46. The summed E-state index contributed by atoms with van der Waals surface area (Å²) in [5, 5.41) is 0. The highest BCUT2D eigenvalue weighted by Gasteiger charge is 2.54. The molecule has 2 heterocycles. The molecule has 1 aliphatic rings. The molecule has 1 N–H and O–H groups in total. The number of carbonyl (C=O) groups excluding carboxylic acids is 4. The molecule has 14 nitrogen and oxygen atoms in total. The van der Waals surface area contributed by atoms with Crippen LogP contribution in [0.25, 0.3) is 0 Å². The van der Waals surface area contributed by atoms with Crippen molar-refractivity contribution < 1.29 is 47.6 Å². The zero-order valence-corrected chi connectivity index (χ0v) is 21.3. The molecule has 5 atom stereocenters. The molecule has 37 heavy (non-hydrogen) atoms. The van der Waals surface area contributed by atoms with Gasteiger partial charge in [0.25, 0.3) is 5.56 Å². The quantitative estimate of drug-likeness (QED) is 0.213. The van der Waals surface area contributed by atoms with E-state index in [4.69, 9.17) is 28.4 Å². The first-order chi connectivity index (χ1) is 17.4. The summed E-state index contributed by atoms with van der Waals surface area (Å²) >= 11 is 0. The van der Waals surface area contributed by atoms with E-state index >= 15 is 0 Å². The van der Waals surface area contributed by atoms with Crippen molar-refractivity contribution in [2.45, 2.75) is 84.7 Å². The Hall–Kier alpha value is -3.52. The van der Waals surface area contributed by atoms with Gasteiger partial charge in [0.15, 0.2) is 24.6 Å². The lowest BCUT2D eigenvalue weighted by Gasteiger charge is -2.27. The summed E-state index contributed by atoms with van der Waals surface area (Å²) in [5.41, 5.74) is -0.572. The number of nitrogens with one attached hydrogen (secondary N) is 1. The number of hydrogen-bond donors (Lipinski definition) is 1.